The Morgan fingerprint density at radius 3 is 2.58 bits per heavy atom. The highest BCUT2D eigenvalue weighted by molar-refractivity contribution is 6.34. The van der Waals surface area contributed by atoms with Gasteiger partial charge in [-0.15, -0.1) is 0 Å². The molecule has 0 spiro atoms. The van der Waals surface area contributed by atoms with E-state index in [2.05, 4.69) is 4.98 Å². The maximum atomic E-state index is 6.22. The molecule has 1 fully saturated rings. The Bertz CT molecular complexity index is 568. The van der Waals surface area contributed by atoms with Crippen LogP contribution in [0.5, 0.6) is 0 Å². The molecule has 102 valence electrons. The molecule has 0 atom stereocenters. The minimum absolute atomic E-state index is 0.0127. The zero-order valence-corrected chi connectivity index (χ0v) is 11.8. The van der Waals surface area contributed by atoms with Crippen molar-refractivity contribution in [2.24, 2.45) is 5.73 Å². The average Bonchev–Trinajstić information content (AvgIpc) is 2.72. The van der Waals surface area contributed by atoms with Crippen molar-refractivity contribution in [1.82, 2.24) is 9.97 Å². The van der Waals surface area contributed by atoms with Gasteiger partial charge in [0.1, 0.15) is 11.3 Å². The van der Waals surface area contributed by atoms with Gasteiger partial charge in [-0.05, 0) is 25.0 Å². The molecule has 1 aromatic carbocycles. The number of H-pyrrole nitrogens is 1. The summed E-state index contributed by atoms with van der Waals surface area (Å²) in [6.45, 7) is 0.657. The Labute approximate surface area is 118 Å². The topological polar surface area (TPSA) is 54.7 Å². The van der Waals surface area contributed by atoms with Crippen LogP contribution in [0.4, 0.5) is 0 Å². The predicted molar refractivity (Wildman–Crippen MR) is 79.5 cm³/mol. The summed E-state index contributed by atoms with van der Waals surface area (Å²) < 4.78 is 0. The molecule has 1 aliphatic carbocycles. The molecule has 0 radical (unpaired) electrons. The molecule has 1 aliphatic rings. The van der Waals surface area contributed by atoms with Crippen LogP contribution < -0.4 is 5.73 Å². The standard InChI is InChI=1S/C15H20ClN3/c16-11-6-5-7-12-13(11)19-14(18-12)15(10-17)8-3-1-2-4-9-15/h5-7H,1-4,8-10,17H2,(H,18,19). The van der Waals surface area contributed by atoms with Crippen molar-refractivity contribution in [3.63, 3.8) is 0 Å². The highest BCUT2D eigenvalue weighted by atomic mass is 35.5. The fourth-order valence-electron chi connectivity index (χ4n) is 3.19. The Morgan fingerprint density at radius 2 is 1.95 bits per heavy atom. The maximum Gasteiger partial charge on any atom is 0.114 e. The summed E-state index contributed by atoms with van der Waals surface area (Å²) in [6, 6.07) is 5.87. The van der Waals surface area contributed by atoms with Crippen LogP contribution in [-0.4, -0.2) is 16.5 Å². The molecule has 0 aliphatic heterocycles. The normalized spacial score (nSPS) is 19.5. The molecule has 1 saturated carbocycles. The number of para-hydroxylation sites is 1. The van der Waals surface area contributed by atoms with Crippen molar-refractivity contribution in [3.8, 4) is 0 Å². The molecular formula is C15H20ClN3. The third-order valence-electron chi connectivity index (χ3n) is 4.42. The Balaban J connectivity index is 2.07. The van der Waals surface area contributed by atoms with E-state index in [-0.39, 0.29) is 5.41 Å². The Morgan fingerprint density at radius 1 is 1.21 bits per heavy atom. The van der Waals surface area contributed by atoms with E-state index in [0.29, 0.717) is 11.6 Å². The number of nitrogens with two attached hydrogens (primary N) is 1. The van der Waals surface area contributed by atoms with E-state index in [4.69, 9.17) is 22.3 Å². The molecule has 0 amide bonds. The highest BCUT2D eigenvalue weighted by Gasteiger charge is 2.34. The second-order valence-corrected chi connectivity index (χ2v) is 6.03. The molecule has 0 saturated heterocycles. The summed E-state index contributed by atoms with van der Waals surface area (Å²) in [5.41, 5.74) is 8.00. The average molecular weight is 278 g/mol. The zero-order chi connectivity index (χ0) is 13.3. The lowest BCUT2D eigenvalue weighted by molar-refractivity contribution is 0.363. The summed E-state index contributed by atoms with van der Waals surface area (Å²) in [5.74, 6) is 1.03. The first kappa shape index (κ1) is 12.9. The van der Waals surface area contributed by atoms with Crippen LogP contribution in [0.1, 0.15) is 44.3 Å². The van der Waals surface area contributed by atoms with Gasteiger partial charge < -0.3 is 10.7 Å². The van der Waals surface area contributed by atoms with Crippen LogP contribution in [0.2, 0.25) is 5.02 Å². The van der Waals surface area contributed by atoms with E-state index in [0.717, 1.165) is 29.7 Å². The summed E-state index contributed by atoms with van der Waals surface area (Å²) in [5, 5.41) is 0.709. The van der Waals surface area contributed by atoms with Gasteiger partial charge in [-0.2, -0.15) is 0 Å². The summed E-state index contributed by atoms with van der Waals surface area (Å²) >= 11 is 6.22. The summed E-state index contributed by atoms with van der Waals surface area (Å²) in [6.07, 6.45) is 7.34. The van der Waals surface area contributed by atoms with Crippen molar-refractivity contribution >= 4 is 22.6 Å². The molecular weight excluding hydrogens is 258 g/mol. The van der Waals surface area contributed by atoms with Gasteiger partial charge in [0.15, 0.2) is 0 Å². The van der Waals surface area contributed by atoms with Crippen molar-refractivity contribution in [1.29, 1.82) is 0 Å². The lowest BCUT2D eigenvalue weighted by Gasteiger charge is -2.29. The van der Waals surface area contributed by atoms with Gasteiger partial charge in [-0.1, -0.05) is 43.4 Å². The number of nitrogens with zero attached hydrogens (tertiary/aromatic N) is 1. The molecule has 0 unspecified atom stereocenters. The molecule has 0 bridgehead atoms. The van der Waals surface area contributed by atoms with Gasteiger partial charge in [0, 0.05) is 12.0 Å². The van der Waals surface area contributed by atoms with Crippen molar-refractivity contribution < 1.29 is 0 Å². The molecule has 1 heterocycles. The molecule has 3 nitrogen and oxygen atoms in total. The molecule has 4 heteroatoms. The second kappa shape index (κ2) is 5.14. The first-order valence-electron chi connectivity index (χ1n) is 7.10. The molecule has 3 rings (SSSR count). The van der Waals surface area contributed by atoms with E-state index in [9.17, 15) is 0 Å². The first-order valence-corrected chi connectivity index (χ1v) is 7.48. The van der Waals surface area contributed by atoms with Crippen molar-refractivity contribution in [2.45, 2.75) is 43.9 Å². The zero-order valence-electron chi connectivity index (χ0n) is 11.1. The van der Waals surface area contributed by atoms with Crippen LogP contribution in [0, 0.1) is 0 Å². The van der Waals surface area contributed by atoms with E-state index in [1.165, 1.54) is 25.7 Å². The third kappa shape index (κ3) is 2.26. The molecule has 3 N–H and O–H groups in total. The number of benzene rings is 1. The van der Waals surface area contributed by atoms with Crippen LogP contribution in [0.15, 0.2) is 18.2 Å². The maximum absolute atomic E-state index is 6.22. The SMILES string of the molecule is NCC1(c2nc3c(Cl)cccc3[nH]2)CCCCCC1. The predicted octanol–water partition coefficient (Wildman–Crippen LogP) is 3.77. The van der Waals surface area contributed by atoms with Crippen molar-refractivity contribution in [3.05, 3.63) is 29.0 Å². The van der Waals surface area contributed by atoms with Crippen molar-refractivity contribution in [2.75, 3.05) is 6.54 Å². The van der Waals surface area contributed by atoms with Gasteiger partial charge >= 0.3 is 0 Å². The van der Waals surface area contributed by atoms with Crippen LogP contribution in [0.25, 0.3) is 11.0 Å². The quantitative estimate of drug-likeness (QED) is 0.821. The van der Waals surface area contributed by atoms with E-state index < -0.39 is 0 Å². The summed E-state index contributed by atoms with van der Waals surface area (Å²) in [7, 11) is 0. The fourth-order valence-corrected chi connectivity index (χ4v) is 3.41. The lowest BCUT2D eigenvalue weighted by Crippen LogP contribution is -2.35. The van der Waals surface area contributed by atoms with Gasteiger partial charge in [0.25, 0.3) is 0 Å². The second-order valence-electron chi connectivity index (χ2n) is 5.62. The van der Waals surface area contributed by atoms with Crippen LogP contribution >= 0.6 is 11.6 Å². The summed E-state index contributed by atoms with van der Waals surface area (Å²) in [4.78, 5) is 8.20. The molecule has 2 aromatic rings. The highest BCUT2D eigenvalue weighted by Crippen LogP contribution is 2.37. The number of aromatic amines is 1. The minimum Gasteiger partial charge on any atom is -0.341 e. The Hall–Kier alpha value is -1.06. The fraction of sp³-hybridized carbons (Fsp3) is 0.533. The van der Waals surface area contributed by atoms with E-state index >= 15 is 0 Å². The minimum atomic E-state index is 0.0127. The smallest absolute Gasteiger partial charge is 0.114 e. The van der Waals surface area contributed by atoms with Crippen LogP contribution in [-0.2, 0) is 5.41 Å². The van der Waals surface area contributed by atoms with Gasteiger partial charge in [0.05, 0.1) is 10.5 Å². The van der Waals surface area contributed by atoms with Gasteiger partial charge in [-0.3, -0.25) is 0 Å². The number of rotatable bonds is 2. The third-order valence-corrected chi connectivity index (χ3v) is 4.72. The number of nitrogens with one attached hydrogen (secondary N) is 1. The monoisotopic (exact) mass is 277 g/mol. The van der Waals surface area contributed by atoms with Gasteiger partial charge in [-0.25, -0.2) is 4.98 Å². The van der Waals surface area contributed by atoms with E-state index in [1.54, 1.807) is 0 Å². The van der Waals surface area contributed by atoms with Crippen LogP contribution in [0.3, 0.4) is 0 Å². The molecule has 19 heavy (non-hydrogen) atoms. The number of aromatic nitrogens is 2. The number of fused-ring (bicyclic) bond motifs is 1. The molecule has 1 aromatic heterocycles. The number of halogens is 1. The number of hydrogen-bond donors (Lipinski definition) is 2. The Kier molecular flexibility index (Phi) is 3.50. The van der Waals surface area contributed by atoms with Gasteiger partial charge in [0.2, 0.25) is 0 Å². The first-order chi connectivity index (χ1) is 9.25. The largest absolute Gasteiger partial charge is 0.341 e. The number of imidazole rings is 1. The lowest BCUT2D eigenvalue weighted by atomic mass is 9.79. The van der Waals surface area contributed by atoms with E-state index in [1.807, 2.05) is 18.2 Å². The number of hydrogen-bond acceptors (Lipinski definition) is 2.